The van der Waals surface area contributed by atoms with Gasteiger partial charge in [0.25, 0.3) is 0 Å². The minimum atomic E-state index is -0.967. The van der Waals surface area contributed by atoms with Crippen molar-refractivity contribution >= 4 is 5.91 Å². The highest BCUT2D eigenvalue weighted by atomic mass is 16.5. The van der Waals surface area contributed by atoms with Crippen molar-refractivity contribution < 1.29 is 19.7 Å². The Balaban J connectivity index is 2.50. The van der Waals surface area contributed by atoms with E-state index in [2.05, 4.69) is 5.32 Å². The van der Waals surface area contributed by atoms with Crippen LogP contribution >= 0.6 is 0 Å². The van der Waals surface area contributed by atoms with Crippen LogP contribution in [0.25, 0.3) is 0 Å². The molecule has 0 fully saturated rings. The van der Waals surface area contributed by atoms with Gasteiger partial charge in [-0.1, -0.05) is 12.1 Å². The SMILES string of the molecule is COc1cccc(CCC(=O)NC(C)(CO)CO)c1. The maximum Gasteiger partial charge on any atom is 0.220 e. The maximum absolute atomic E-state index is 11.7. The molecule has 0 atom stereocenters. The van der Waals surface area contributed by atoms with E-state index >= 15 is 0 Å². The third-order valence-corrected chi connectivity index (χ3v) is 2.91. The molecule has 5 heteroatoms. The van der Waals surface area contributed by atoms with Gasteiger partial charge in [0.05, 0.1) is 25.9 Å². The molecule has 1 aromatic carbocycles. The van der Waals surface area contributed by atoms with Crippen LogP contribution in [0.2, 0.25) is 0 Å². The van der Waals surface area contributed by atoms with Crippen LogP contribution in [0.1, 0.15) is 18.9 Å². The second-order valence-corrected chi connectivity index (χ2v) is 4.78. The number of hydrogen-bond acceptors (Lipinski definition) is 4. The maximum atomic E-state index is 11.7. The van der Waals surface area contributed by atoms with E-state index < -0.39 is 5.54 Å². The number of aliphatic hydroxyl groups is 2. The zero-order valence-corrected chi connectivity index (χ0v) is 11.3. The molecule has 0 unspecified atom stereocenters. The average Bonchev–Trinajstić information content (AvgIpc) is 2.45. The summed E-state index contributed by atoms with van der Waals surface area (Å²) in [4.78, 5) is 11.7. The second-order valence-electron chi connectivity index (χ2n) is 4.78. The zero-order valence-electron chi connectivity index (χ0n) is 11.3. The number of carbonyl (C=O) groups excluding carboxylic acids is 1. The summed E-state index contributed by atoms with van der Waals surface area (Å²) in [5.41, 5.74) is 0.0371. The van der Waals surface area contributed by atoms with Gasteiger partial charge in [-0.3, -0.25) is 4.79 Å². The lowest BCUT2D eigenvalue weighted by Gasteiger charge is -2.26. The first kappa shape index (κ1) is 15.5. The van der Waals surface area contributed by atoms with Gasteiger partial charge in [0.2, 0.25) is 5.91 Å². The Hall–Kier alpha value is -1.59. The van der Waals surface area contributed by atoms with Gasteiger partial charge in [-0.15, -0.1) is 0 Å². The Morgan fingerprint density at radius 3 is 2.63 bits per heavy atom. The van der Waals surface area contributed by atoms with Crippen LogP contribution in [0.4, 0.5) is 0 Å². The molecule has 0 saturated carbocycles. The van der Waals surface area contributed by atoms with E-state index in [1.165, 1.54) is 0 Å². The average molecular weight is 267 g/mol. The Bertz CT molecular complexity index is 416. The van der Waals surface area contributed by atoms with Crippen molar-refractivity contribution in [2.75, 3.05) is 20.3 Å². The molecule has 0 aliphatic heterocycles. The van der Waals surface area contributed by atoms with Gasteiger partial charge in [0.15, 0.2) is 0 Å². The van der Waals surface area contributed by atoms with Crippen LogP contribution in [-0.2, 0) is 11.2 Å². The first-order valence-electron chi connectivity index (χ1n) is 6.18. The number of ether oxygens (including phenoxy) is 1. The van der Waals surface area contributed by atoms with E-state index in [9.17, 15) is 4.79 Å². The molecule has 1 aromatic rings. The molecule has 0 radical (unpaired) electrons. The van der Waals surface area contributed by atoms with Gasteiger partial charge in [-0.2, -0.15) is 0 Å². The molecular weight excluding hydrogens is 246 g/mol. The molecule has 1 amide bonds. The molecule has 1 rings (SSSR count). The Morgan fingerprint density at radius 2 is 2.05 bits per heavy atom. The smallest absolute Gasteiger partial charge is 0.220 e. The van der Waals surface area contributed by atoms with Gasteiger partial charge in [0.1, 0.15) is 5.75 Å². The summed E-state index contributed by atoms with van der Waals surface area (Å²) in [7, 11) is 1.60. The first-order chi connectivity index (χ1) is 9.03. The quantitative estimate of drug-likeness (QED) is 0.671. The van der Waals surface area contributed by atoms with Gasteiger partial charge in [-0.05, 0) is 31.0 Å². The predicted octanol–water partition coefficient (Wildman–Crippen LogP) is 0.487. The lowest BCUT2D eigenvalue weighted by molar-refractivity contribution is -0.124. The number of aliphatic hydroxyl groups excluding tert-OH is 2. The molecule has 0 aliphatic rings. The number of amides is 1. The number of carbonyl (C=O) groups is 1. The monoisotopic (exact) mass is 267 g/mol. The highest BCUT2D eigenvalue weighted by Crippen LogP contribution is 2.14. The highest BCUT2D eigenvalue weighted by molar-refractivity contribution is 5.77. The van der Waals surface area contributed by atoms with Crippen LogP contribution in [0, 0.1) is 0 Å². The molecule has 0 bridgehead atoms. The molecule has 5 nitrogen and oxygen atoms in total. The van der Waals surface area contributed by atoms with Gasteiger partial charge in [-0.25, -0.2) is 0 Å². The van der Waals surface area contributed by atoms with Crippen molar-refractivity contribution in [2.45, 2.75) is 25.3 Å². The van der Waals surface area contributed by atoms with Crippen molar-refractivity contribution in [3.8, 4) is 5.75 Å². The molecule has 0 aliphatic carbocycles. The van der Waals surface area contributed by atoms with Crippen LogP contribution in [0.5, 0.6) is 5.75 Å². The number of nitrogens with one attached hydrogen (secondary N) is 1. The fraction of sp³-hybridized carbons (Fsp3) is 0.500. The molecular formula is C14H21NO4. The molecule has 106 valence electrons. The van der Waals surface area contributed by atoms with E-state index in [0.717, 1.165) is 11.3 Å². The number of rotatable bonds is 7. The Morgan fingerprint density at radius 1 is 1.37 bits per heavy atom. The highest BCUT2D eigenvalue weighted by Gasteiger charge is 2.24. The van der Waals surface area contributed by atoms with Crippen molar-refractivity contribution in [1.29, 1.82) is 0 Å². The summed E-state index contributed by atoms with van der Waals surface area (Å²) >= 11 is 0. The van der Waals surface area contributed by atoms with Crippen LogP contribution < -0.4 is 10.1 Å². The van der Waals surface area contributed by atoms with Crippen LogP contribution in [0.3, 0.4) is 0 Å². The third kappa shape index (κ3) is 4.89. The third-order valence-electron chi connectivity index (χ3n) is 2.91. The summed E-state index contributed by atoms with van der Waals surface area (Å²) < 4.78 is 5.11. The fourth-order valence-corrected chi connectivity index (χ4v) is 1.61. The predicted molar refractivity (Wildman–Crippen MR) is 72.0 cm³/mol. The molecule has 3 N–H and O–H groups in total. The zero-order chi connectivity index (χ0) is 14.3. The largest absolute Gasteiger partial charge is 0.497 e. The molecule has 0 saturated heterocycles. The number of benzene rings is 1. The van der Waals surface area contributed by atoms with Crippen molar-refractivity contribution in [2.24, 2.45) is 0 Å². The minimum absolute atomic E-state index is 0.201. The van der Waals surface area contributed by atoms with E-state index in [1.54, 1.807) is 14.0 Å². The van der Waals surface area contributed by atoms with Crippen molar-refractivity contribution in [3.05, 3.63) is 29.8 Å². The van der Waals surface area contributed by atoms with Crippen LogP contribution in [0.15, 0.2) is 24.3 Å². The number of methoxy groups -OCH3 is 1. The Labute approximate surface area is 113 Å². The summed E-state index contributed by atoms with van der Waals surface area (Å²) in [5.74, 6) is 0.557. The number of hydrogen-bond donors (Lipinski definition) is 3. The van der Waals surface area contributed by atoms with Crippen LogP contribution in [-0.4, -0.2) is 42.0 Å². The second kappa shape index (κ2) is 7.11. The molecule has 0 aromatic heterocycles. The minimum Gasteiger partial charge on any atom is -0.497 e. The Kier molecular flexibility index (Phi) is 5.79. The van der Waals surface area contributed by atoms with Gasteiger partial charge >= 0.3 is 0 Å². The van der Waals surface area contributed by atoms with E-state index in [0.29, 0.717) is 12.8 Å². The summed E-state index contributed by atoms with van der Waals surface area (Å²) in [6, 6.07) is 7.52. The first-order valence-corrected chi connectivity index (χ1v) is 6.18. The topological polar surface area (TPSA) is 78.8 Å². The summed E-state index contributed by atoms with van der Waals surface area (Å²) in [6.45, 7) is 0.999. The lowest BCUT2D eigenvalue weighted by atomic mass is 10.0. The van der Waals surface area contributed by atoms with E-state index in [4.69, 9.17) is 14.9 Å². The van der Waals surface area contributed by atoms with Crippen molar-refractivity contribution in [1.82, 2.24) is 5.32 Å². The van der Waals surface area contributed by atoms with Crippen molar-refractivity contribution in [3.63, 3.8) is 0 Å². The standard InChI is InChI=1S/C14H21NO4/c1-14(9-16,10-17)15-13(18)7-6-11-4-3-5-12(8-11)19-2/h3-5,8,16-17H,6-7,9-10H2,1-2H3,(H,15,18). The molecule has 19 heavy (non-hydrogen) atoms. The summed E-state index contributed by atoms with van der Waals surface area (Å²) in [6.07, 6.45) is 0.874. The fourth-order valence-electron chi connectivity index (χ4n) is 1.61. The van der Waals surface area contributed by atoms with Gasteiger partial charge in [0, 0.05) is 6.42 Å². The normalized spacial score (nSPS) is 11.2. The molecule has 0 heterocycles. The molecule has 0 spiro atoms. The van der Waals surface area contributed by atoms with E-state index in [1.807, 2.05) is 24.3 Å². The van der Waals surface area contributed by atoms with E-state index in [-0.39, 0.29) is 19.1 Å². The number of aryl methyl sites for hydroxylation is 1. The van der Waals surface area contributed by atoms with Gasteiger partial charge < -0.3 is 20.3 Å². The lowest BCUT2D eigenvalue weighted by Crippen LogP contribution is -2.51. The summed E-state index contributed by atoms with van der Waals surface area (Å²) in [5, 5.41) is 20.8.